The second kappa shape index (κ2) is 6.86. The summed E-state index contributed by atoms with van der Waals surface area (Å²) in [7, 11) is 3.63. The first-order valence-corrected chi connectivity index (χ1v) is 6.92. The molecule has 4 heteroatoms. The highest BCUT2D eigenvalue weighted by Gasteiger charge is 2.32. The Kier molecular flexibility index (Phi) is 5.72. The SMILES string of the molecule is CC(O)C(Cc1ccccc1)/C(=N/N(C)C)C(C)(C)O. The minimum absolute atomic E-state index is 0.222. The molecule has 0 amide bonds. The molecule has 0 aliphatic carbocycles. The van der Waals surface area contributed by atoms with Crippen molar-refractivity contribution >= 4 is 5.71 Å². The summed E-state index contributed by atoms with van der Waals surface area (Å²) in [6.07, 6.45) is 0.0650. The van der Waals surface area contributed by atoms with Gasteiger partial charge >= 0.3 is 0 Å². The molecule has 2 unspecified atom stereocenters. The maximum absolute atomic E-state index is 10.4. The van der Waals surface area contributed by atoms with Gasteiger partial charge in [0.1, 0.15) is 0 Å². The maximum atomic E-state index is 10.4. The molecule has 0 bridgehead atoms. The summed E-state index contributed by atoms with van der Waals surface area (Å²) in [4.78, 5) is 0. The van der Waals surface area contributed by atoms with Crippen molar-refractivity contribution in [2.24, 2.45) is 11.0 Å². The van der Waals surface area contributed by atoms with E-state index in [0.717, 1.165) is 5.56 Å². The van der Waals surface area contributed by atoms with Crippen molar-refractivity contribution in [1.29, 1.82) is 0 Å². The van der Waals surface area contributed by atoms with Gasteiger partial charge in [0, 0.05) is 20.0 Å². The van der Waals surface area contributed by atoms with Gasteiger partial charge in [-0.1, -0.05) is 30.3 Å². The van der Waals surface area contributed by atoms with Crippen LogP contribution in [0.15, 0.2) is 35.4 Å². The highest BCUT2D eigenvalue weighted by Crippen LogP contribution is 2.22. The largest absolute Gasteiger partial charge is 0.393 e. The van der Waals surface area contributed by atoms with Crippen LogP contribution in [0.5, 0.6) is 0 Å². The highest BCUT2D eigenvalue weighted by molar-refractivity contribution is 5.94. The van der Waals surface area contributed by atoms with Gasteiger partial charge in [0.25, 0.3) is 0 Å². The van der Waals surface area contributed by atoms with Crippen LogP contribution in [0, 0.1) is 5.92 Å². The van der Waals surface area contributed by atoms with Gasteiger partial charge in [-0.25, -0.2) is 0 Å². The summed E-state index contributed by atoms with van der Waals surface area (Å²) < 4.78 is 0. The van der Waals surface area contributed by atoms with Crippen LogP contribution >= 0.6 is 0 Å². The summed E-state index contributed by atoms with van der Waals surface area (Å²) in [5.41, 5.74) is 0.649. The van der Waals surface area contributed by atoms with E-state index in [-0.39, 0.29) is 5.92 Å². The molecule has 0 spiro atoms. The second-order valence-electron chi connectivity index (χ2n) is 5.93. The van der Waals surface area contributed by atoms with Crippen LogP contribution in [0.25, 0.3) is 0 Å². The molecule has 0 saturated heterocycles. The second-order valence-corrected chi connectivity index (χ2v) is 5.93. The van der Waals surface area contributed by atoms with E-state index in [0.29, 0.717) is 12.1 Å². The predicted molar refractivity (Wildman–Crippen MR) is 82.7 cm³/mol. The quantitative estimate of drug-likeness (QED) is 0.617. The van der Waals surface area contributed by atoms with Crippen molar-refractivity contribution in [2.45, 2.75) is 38.9 Å². The van der Waals surface area contributed by atoms with E-state index in [2.05, 4.69) is 5.10 Å². The Bertz CT molecular complexity index is 434. The fraction of sp³-hybridized carbons (Fsp3) is 0.562. The van der Waals surface area contributed by atoms with E-state index >= 15 is 0 Å². The lowest BCUT2D eigenvalue weighted by atomic mass is 9.83. The Hall–Kier alpha value is -1.39. The molecule has 20 heavy (non-hydrogen) atoms. The minimum Gasteiger partial charge on any atom is -0.393 e. The lowest BCUT2D eigenvalue weighted by Crippen LogP contribution is -2.43. The molecule has 0 fully saturated rings. The van der Waals surface area contributed by atoms with E-state index in [1.165, 1.54) is 0 Å². The molecule has 0 aliphatic rings. The van der Waals surface area contributed by atoms with Crippen LogP contribution < -0.4 is 0 Å². The van der Waals surface area contributed by atoms with Gasteiger partial charge in [0.05, 0.1) is 17.4 Å². The number of aliphatic hydroxyl groups excluding tert-OH is 1. The molecule has 0 saturated carbocycles. The molecule has 1 aromatic carbocycles. The van der Waals surface area contributed by atoms with Crippen LogP contribution in [0.3, 0.4) is 0 Å². The topological polar surface area (TPSA) is 56.1 Å². The lowest BCUT2D eigenvalue weighted by molar-refractivity contribution is 0.115. The van der Waals surface area contributed by atoms with Crippen LogP contribution in [-0.2, 0) is 6.42 Å². The summed E-state index contributed by atoms with van der Waals surface area (Å²) in [6, 6.07) is 9.95. The third-order valence-corrected chi connectivity index (χ3v) is 3.17. The van der Waals surface area contributed by atoms with Crippen molar-refractivity contribution in [2.75, 3.05) is 14.1 Å². The molecular weight excluding hydrogens is 252 g/mol. The number of hydrazone groups is 1. The van der Waals surface area contributed by atoms with Gasteiger partial charge in [0.15, 0.2) is 0 Å². The van der Waals surface area contributed by atoms with Crippen molar-refractivity contribution in [3.63, 3.8) is 0 Å². The Balaban J connectivity index is 3.10. The van der Waals surface area contributed by atoms with Crippen LogP contribution in [0.4, 0.5) is 0 Å². The normalized spacial score (nSPS) is 15.8. The third-order valence-electron chi connectivity index (χ3n) is 3.17. The Morgan fingerprint density at radius 2 is 1.80 bits per heavy atom. The molecule has 0 aliphatic heterocycles. The van der Waals surface area contributed by atoms with Crippen LogP contribution in [0.1, 0.15) is 26.3 Å². The zero-order valence-corrected chi connectivity index (χ0v) is 13.0. The molecule has 1 rings (SSSR count). The van der Waals surface area contributed by atoms with Crippen molar-refractivity contribution < 1.29 is 10.2 Å². The van der Waals surface area contributed by atoms with Gasteiger partial charge in [-0.05, 0) is 32.8 Å². The zero-order valence-electron chi connectivity index (χ0n) is 13.0. The predicted octanol–water partition coefficient (Wildman–Crippen LogP) is 1.91. The van der Waals surface area contributed by atoms with Crippen LogP contribution in [-0.4, -0.2) is 46.7 Å². The van der Waals surface area contributed by atoms with Crippen LogP contribution in [0.2, 0.25) is 0 Å². The number of hydrogen-bond donors (Lipinski definition) is 2. The van der Waals surface area contributed by atoms with E-state index in [9.17, 15) is 10.2 Å². The standard InChI is InChI=1S/C16H26N2O2/c1-12(19)14(11-13-9-7-6-8-10-13)15(16(2,3)20)17-18(4)5/h6-10,12,14,19-20H,11H2,1-5H3/b17-15-. The first-order chi connectivity index (χ1) is 9.21. The zero-order chi connectivity index (χ0) is 15.3. The molecule has 0 heterocycles. The monoisotopic (exact) mass is 278 g/mol. The highest BCUT2D eigenvalue weighted by atomic mass is 16.3. The Morgan fingerprint density at radius 3 is 2.20 bits per heavy atom. The molecule has 0 radical (unpaired) electrons. The van der Waals surface area contributed by atoms with Crippen molar-refractivity contribution in [1.82, 2.24) is 5.01 Å². The number of hydrogen-bond acceptors (Lipinski definition) is 4. The maximum Gasteiger partial charge on any atom is 0.0992 e. The Morgan fingerprint density at radius 1 is 1.25 bits per heavy atom. The molecule has 112 valence electrons. The number of rotatable bonds is 6. The first kappa shape index (κ1) is 16.7. The number of nitrogens with zero attached hydrogens (tertiary/aromatic N) is 2. The van der Waals surface area contributed by atoms with Crippen molar-refractivity contribution in [3.05, 3.63) is 35.9 Å². The third kappa shape index (κ3) is 4.94. The molecule has 2 N–H and O–H groups in total. The molecule has 2 atom stereocenters. The van der Waals surface area contributed by atoms with Gasteiger partial charge in [0.2, 0.25) is 0 Å². The molecule has 4 nitrogen and oxygen atoms in total. The summed E-state index contributed by atoms with van der Waals surface area (Å²) in [5, 5.41) is 26.5. The number of aliphatic hydroxyl groups is 2. The molecule has 0 aromatic heterocycles. The van der Waals surface area contributed by atoms with Gasteiger partial charge in [-0.2, -0.15) is 5.10 Å². The van der Waals surface area contributed by atoms with Gasteiger partial charge < -0.3 is 15.2 Å². The van der Waals surface area contributed by atoms with Gasteiger partial charge in [-0.15, -0.1) is 0 Å². The number of benzene rings is 1. The van der Waals surface area contributed by atoms with E-state index < -0.39 is 11.7 Å². The summed E-state index contributed by atoms with van der Waals surface area (Å²) in [6.45, 7) is 5.15. The Labute approximate surface area is 121 Å². The molecule has 1 aromatic rings. The summed E-state index contributed by atoms with van der Waals surface area (Å²) in [5.74, 6) is -0.222. The average Bonchev–Trinajstić information content (AvgIpc) is 2.33. The fourth-order valence-electron chi connectivity index (χ4n) is 2.23. The summed E-state index contributed by atoms with van der Waals surface area (Å²) >= 11 is 0. The fourth-order valence-corrected chi connectivity index (χ4v) is 2.23. The minimum atomic E-state index is -1.07. The van der Waals surface area contributed by atoms with Crippen molar-refractivity contribution in [3.8, 4) is 0 Å². The smallest absolute Gasteiger partial charge is 0.0992 e. The average molecular weight is 278 g/mol. The van der Waals surface area contributed by atoms with E-state index in [4.69, 9.17) is 0 Å². The lowest BCUT2D eigenvalue weighted by Gasteiger charge is -2.30. The first-order valence-electron chi connectivity index (χ1n) is 6.92. The molecular formula is C16H26N2O2. The van der Waals surface area contributed by atoms with E-state index in [1.54, 1.807) is 25.8 Å². The van der Waals surface area contributed by atoms with Gasteiger partial charge in [-0.3, -0.25) is 0 Å². The van der Waals surface area contributed by atoms with E-state index in [1.807, 2.05) is 44.4 Å².